The van der Waals surface area contributed by atoms with Crippen molar-refractivity contribution in [3.05, 3.63) is 0 Å². The van der Waals surface area contributed by atoms with Crippen LogP contribution < -0.4 is 5.32 Å². The van der Waals surface area contributed by atoms with Crippen molar-refractivity contribution in [2.75, 3.05) is 0 Å². The lowest BCUT2D eigenvalue weighted by molar-refractivity contribution is -0.139. The van der Waals surface area contributed by atoms with Gasteiger partial charge in [-0.05, 0) is 37.5 Å². The smallest absolute Gasteiger partial charge is 0.305 e. The molecule has 2 unspecified atom stereocenters. The molecule has 1 amide bonds. The van der Waals surface area contributed by atoms with Gasteiger partial charge in [-0.3, -0.25) is 9.59 Å². The summed E-state index contributed by atoms with van der Waals surface area (Å²) in [6.07, 6.45) is 9.09. The molecule has 20 heavy (non-hydrogen) atoms. The Labute approximate surface area is 121 Å². The monoisotopic (exact) mass is 281 g/mol. The predicted molar refractivity (Wildman–Crippen MR) is 77.3 cm³/mol. The van der Waals surface area contributed by atoms with Crippen LogP contribution in [0.2, 0.25) is 0 Å². The molecular weight excluding hydrogens is 254 g/mol. The molecule has 0 aliphatic heterocycles. The van der Waals surface area contributed by atoms with E-state index in [9.17, 15) is 9.59 Å². The van der Waals surface area contributed by atoms with E-state index < -0.39 is 11.5 Å². The van der Waals surface area contributed by atoms with Gasteiger partial charge in [-0.25, -0.2) is 0 Å². The maximum Gasteiger partial charge on any atom is 0.305 e. The zero-order valence-corrected chi connectivity index (χ0v) is 12.5. The summed E-state index contributed by atoms with van der Waals surface area (Å²) in [6.45, 7) is 2.26. The molecule has 0 radical (unpaired) electrons. The van der Waals surface area contributed by atoms with Gasteiger partial charge in [-0.15, -0.1) is 0 Å². The van der Waals surface area contributed by atoms with Gasteiger partial charge in [0.05, 0.1) is 12.0 Å². The molecule has 2 aliphatic rings. The van der Waals surface area contributed by atoms with E-state index in [1.54, 1.807) is 0 Å². The first kappa shape index (κ1) is 15.3. The van der Waals surface area contributed by atoms with Gasteiger partial charge in [-0.1, -0.05) is 32.6 Å². The Kier molecular flexibility index (Phi) is 5.06. The van der Waals surface area contributed by atoms with Gasteiger partial charge < -0.3 is 10.4 Å². The van der Waals surface area contributed by atoms with Crippen LogP contribution >= 0.6 is 0 Å². The minimum Gasteiger partial charge on any atom is -0.481 e. The number of aliphatic carboxylic acids is 1. The van der Waals surface area contributed by atoms with E-state index in [1.807, 2.05) is 0 Å². The Morgan fingerprint density at radius 1 is 1.20 bits per heavy atom. The molecule has 2 fully saturated rings. The summed E-state index contributed by atoms with van der Waals surface area (Å²) >= 11 is 0. The molecule has 2 N–H and O–H groups in total. The Hall–Kier alpha value is -1.06. The van der Waals surface area contributed by atoms with Gasteiger partial charge >= 0.3 is 5.97 Å². The number of nitrogens with one attached hydrogen (secondary N) is 1. The summed E-state index contributed by atoms with van der Waals surface area (Å²) in [4.78, 5) is 23.3. The highest BCUT2D eigenvalue weighted by atomic mass is 16.4. The lowest BCUT2D eigenvalue weighted by Crippen LogP contribution is -2.48. The maximum absolute atomic E-state index is 12.3. The topological polar surface area (TPSA) is 66.4 Å². The molecule has 2 aliphatic carbocycles. The first-order valence-corrected chi connectivity index (χ1v) is 8.02. The van der Waals surface area contributed by atoms with Crippen molar-refractivity contribution in [3.63, 3.8) is 0 Å². The third-order valence-corrected chi connectivity index (χ3v) is 4.97. The lowest BCUT2D eigenvalue weighted by atomic mass is 9.80. The second kappa shape index (κ2) is 6.59. The fourth-order valence-electron chi connectivity index (χ4n) is 4.04. The number of carbonyl (C=O) groups is 2. The average Bonchev–Trinajstić information content (AvgIpc) is 2.75. The molecule has 2 rings (SSSR count). The van der Waals surface area contributed by atoms with Crippen molar-refractivity contribution >= 4 is 11.9 Å². The Morgan fingerprint density at radius 3 is 2.50 bits per heavy atom. The van der Waals surface area contributed by atoms with E-state index in [-0.39, 0.29) is 12.3 Å². The molecule has 0 aromatic rings. The molecule has 4 nitrogen and oxygen atoms in total. The lowest BCUT2D eigenvalue weighted by Gasteiger charge is -2.31. The van der Waals surface area contributed by atoms with Crippen molar-refractivity contribution in [2.45, 2.75) is 76.7 Å². The van der Waals surface area contributed by atoms with Gasteiger partial charge in [0.1, 0.15) is 0 Å². The average molecular weight is 281 g/mol. The van der Waals surface area contributed by atoms with Crippen LogP contribution in [0.5, 0.6) is 0 Å². The molecule has 0 heterocycles. The molecule has 2 atom stereocenters. The third kappa shape index (κ3) is 4.22. The molecule has 0 saturated heterocycles. The molecule has 114 valence electrons. The van der Waals surface area contributed by atoms with Crippen LogP contribution in [0.4, 0.5) is 0 Å². The summed E-state index contributed by atoms with van der Waals surface area (Å²) in [5.41, 5.74) is -0.469. The second-order valence-corrected chi connectivity index (χ2v) is 6.95. The van der Waals surface area contributed by atoms with Gasteiger partial charge in [0, 0.05) is 6.42 Å². The first-order chi connectivity index (χ1) is 9.49. The van der Waals surface area contributed by atoms with E-state index in [0.29, 0.717) is 12.3 Å². The zero-order valence-electron chi connectivity index (χ0n) is 12.5. The third-order valence-electron chi connectivity index (χ3n) is 4.97. The molecule has 2 saturated carbocycles. The molecule has 0 bridgehead atoms. The normalized spacial score (nSPS) is 29.1. The van der Waals surface area contributed by atoms with E-state index >= 15 is 0 Å². The molecule has 0 aromatic carbocycles. The summed E-state index contributed by atoms with van der Waals surface area (Å²) < 4.78 is 0. The number of carbonyl (C=O) groups excluding carboxylic acids is 1. The SMILES string of the molecule is CC1CCCC(CC(=O)NC2(CC(=O)O)CCCC2)C1. The minimum absolute atomic E-state index is 0.0623. The summed E-state index contributed by atoms with van der Waals surface area (Å²) in [5, 5.41) is 12.1. The minimum atomic E-state index is -0.807. The van der Waals surface area contributed by atoms with Crippen LogP contribution in [0.25, 0.3) is 0 Å². The number of carboxylic acids is 1. The Morgan fingerprint density at radius 2 is 1.90 bits per heavy atom. The molecular formula is C16H27NO3. The Balaban J connectivity index is 1.86. The molecule has 4 heteroatoms. The van der Waals surface area contributed by atoms with Crippen LogP contribution in [-0.4, -0.2) is 22.5 Å². The standard InChI is InChI=1S/C16H27NO3/c1-12-5-4-6-13(9-12)10-14(18)17-16(11-15(19)20)7-2-3-8-16/h12-13H,2-11H2,1H3,(H,17,18)(H,19,20). The number of rotatable bonds is 5. The van der Waals surface area contributed by atoms with E-state index in [4.69, 9.17) is 5.11 Å². The number of hydrogen-bond acceptors (Lipinski definition) is 2. The van der Waals surface area contributed by atoms with Crippen LogP contribution in [0.15, 0.2) is 0 Å². The van der Waals surface area contributed by atoms with Crippen LogP contribution in [0.1, 0.15) is 71.1 Å². The number of amides is 1. The Bertz CT molecular complexity index is 361. The van der Waals surface area contributed by atoms with Crippen molar-refractivity contribution in [1.82, 2.24) is 5.32 Å². The predicted octanol–water partition coefficient (Wildman–Crippen LogP) is 3.11. The largest absolute Gasteiger partial charge is 0.481 e. The highest BCUT2D eigenvalue weighted by Crippen LogP contribution is 2.34. The number of hydrogen-bond donors (Lipinski definition) is 2. The van der Waals surface area contributed by atoms with Gasteiger partial charge in [0.2, 0.25) is 5.91 Å². The van der Waals surface area contributed by atoms with Crippen molar-refractivity contribution in [1.29, 1.82) is 0 Å². The summed E-state index contributed by atoms with van der Waals surface area (Å²) in [6, 6.07) is 0. The van der Waals surface area contributed by atoms with Crippen molar-refractivity contribution < 1.29 is 14.7 Å². The number of carboxylic acid groups (broad SMARTS) is 1. The summed E-state index contributed by atoms with van der Waals surface area (Å²) in [5.74, 6) is 0.466. The van der Waals surface area contributed by atoms with Gasteiger partial charge in [0.15, 0.2) is 0 Å². The van der Waals surface area contributed by atoms with Gasteiger partial charge in [-0.2, -0.15) is 0 Å². The van der Waals surface area contributed by atoms with Crippen LogP contribution in [0, 0.1) is 11.8 Å². The second-order valence-electron chi connectivity index (χ2n) is 6.95. The highest BCUT2D eigenvalue weighted by Gasteiger charge is 2.37. The maximum atomic E-state index is 12.3. The molecule has 0 aromatic heterocycles. The van der Waals surface area contributed by atoms with E-state index in [1.165, 1.54) is 12.8 Å². The highest BCUT2D eigenvalue weighted by molar-refractivity contribution is 5.78. The quantitative estimate of drug-likeness (QED) is 0.813. The first-order valence-electron chi connectivity index (χ1n) is 8.02. The van der Waals surface area contributed by atoms with Crippen molar-refractivity contribution in [3.8, 4) is 0 Å². The molecule has 0 spiro atoms. The van der Waals surface area contributed by atoms with Crippen LogP contribution in [0.3, 0.4) is 0 Å². The fraction of sp³-hybridized carbons (Fsp3) is 0.875. The van der Waals surface area contributed by atoms with Gasteiger partial charge in [0.25, 0.3) is 0 Å². The van der Waals surface area contributed by atoms with Crippen molar-refractivity contribution in [2.24, 2.45) is 11.8 Å². The van der Waals surface area contributed by atoms with Crippen LogP contribution in [-0.2, 0) is 9.59 Å². The van der Waals surface area contributed by atoms with E-state index in [0.717, 1.165) is 44.4 Å². The summed E-state index contributed by atoms with van der Waals surface area (Å²) in [7, 11) is 0. The zero-order chi connectivity index (χ0) is 14.6. The fourth-order valence-corrected chi connectivity index (χ4v) is 4.04. The van der Waals surface area contributed by atoms with E-state index in [2.05, 4.69) is 12.2 Å².